The van der Waals surface area contributed by atoms with Gasteiger partial charge in [0.25, 0.3) is 0 Å². The average molecular weight is 416 g/mol. The zero-order valence-corrected chi connectivity index (χ0v) is 17.3. The lowest BCUT2D eigenvalue weighted by atomic mass is 9.88. The number of rotatable bonds is 5. The molecule has 3 aliphatic rings. The van der Waals surface area contributed by atoms with Crippen LogP contribution in [-0.2, 0) is 14.4 Å². The Morgan fingerprint density at radius 1 is 0.900 bits per heavy atom. The van der Waals surface area contributed by atoms with E-state index in [-0.39, 0.29) is 41.8 Å². The van der Waals surface area contributed by atoms with E-state index in [9.17, 15) is 18.8 Å². The number of nitrogens with one attached hydrogen (secondary N) is 2. The number of hydrogen-bond donors (Lipinski definition) is 2. The second-order valence-electron chi connectivity index (χ2n) is 8.89. The van der Waals surface area contributed by atoms with Crippen molar-refractivity contribution in [2.75, 3.05) is 17.2 Å². The van der Waals surface area contributed by atoms with Crippen molar-refractivity contribution in [3.63, 3.8) is 0 Å². The molecule has 7 heteroatoms. The molecule has 6 nitrogen and oxygen atoms in total. The fourth-order valence-electron chi connectivity index (χ4n) is 5.02. The summed E-state index contributed by atoms with van der Waals surface area (Å²) in [5, 5.41) is 5.49. The lowest BCUT2D eigenvalue weighted by Gasteiger charge is -2.24. The smallest absolute Gasteiger partial charge is 0.229 e. The Morgan fingerprint density at radius 2 is 1.57 bits per heavy atom. The SMILES string of the molecule is O=C(Nc1ccc(F)c(NC(=O)C2CCCCC2)c1)C1CC(=O)N(C2CCCC2)C1. The predicted octanol–water partition coefficient (Wildman–Crippen LogP) is 4.07. The summed E-state index contributed by atoms with van der Waals surface area (Å²) in [5.74, 6) is -1.36. The first-order valence-corrected chi connectivity index (χ1v) is 11.2. The quantitative estimate of drug-likeness (QED) is 0.761. The summed E-state index contributed by atoms with van der Waals surface area (Å²) in [6, 6.07) is 4.45. The standard InChI is InChI=1S/C23H30FN3O3/c24-19-11-10-17(13-20(19)26-22(29)15-6-2-1-3-7-15)25-23(30)16-12-21(28)27(14-16)18-8-4-5-9-18/h10-11,13,15-16,18H,1-9,12,14H2,(H,25,30)(H,26,29). The number of anilines is 2. The van der Waals surface area contributed by atoms with Gasteiger partial charge in [0, 0.05) is 30.6 Å². The molecule has 3 fully saturated rings. The highest BCUT2D eigenvalue weighted by Crippen LogP contribution is 2.31. The first kappa shape index (κ1) is 20.8. The molecule has 1 aromatic carbocycles. The highest BCUT2D eigenvalue weighted by Gasteiger charge is 2.38. The molecule has 3 amide bonds. The molecule has 2 saturated carbocycles. The Labute approximate surface area is 176 Å². The molecule has 4 rings (SSSR count). The normalized spacial score (nSPS) is 23.0. The van der Waals surface area contributed by atoms with E-state index in [4.69, 9.17) is 0 Å². The van der Waals surface area contributed by atoms with Crippen LogP contribution in [0.25, 0.3) is 0 Å². The van der Waals surface area contributed by atoms with Crippen molar-refractivity contribution in [2.45, 2.75) is 70.3 Å². The van der Waals surface area contributed by atoms with Gasteiger partial charge in [0.1, 0.15) is 5.82 Å². The molecular formula is C23H30FN3O3. The summed E-state index contributed by atoms with van der Waals surface area (Å²) in [4.78, 5) is 39.4. The molecular weight excluding hydrogens is 385 g/mol. The van der Waals surface area contributed by atoms with E-state index in [0.29, 0.717) is 12.2 Å². The summed E-state index contributed by atoms with van der Waals surface area (Å²) in [6.45, 7) is 0.446. The minimum absolute atomic E-state index is 0.0431. The van der Waals surface area contributed by atoms with E-state index in [0.717, 1.165) is 57.8 Å². The lowest BCUT2D eigenvalue weighted by molar-refractivity contribution is -0.130. The topological polar surface area (TPSA) is 78.5 Å². The Kier molecular flexibility index (Phi) is 6.35. The van der Waals surface area contributed by atoms with Crippen LogP contribution in [0, 0.1) is 17.7 Å². The maximum absolute atomic E-state index is 14.2. The highest BCUT2D eigenvalue weighted by atomic mass is 19.1. The van der Waals surface area contributed by atoms with Gasteiger partial charge in [-0.25, -0.2) is 4.39 Å². The first-order valence-electron chi connectivity index (χ1n) is 11.2. The van der Waals surface area contributed by atoms with Crippen LogP contribution in [0.1, 0.15) is 64.2 Å². The van der Waals surface area contributed by atoms with Crippen molar-refractivity contribution in [3.05, 3.63) is 24.0 Å². The Bertz CT molecular complexity index is 816. The number of nitrogens with zero attached hydrogens (tertiary/aromatic N) is 1. The number of halogens is 1. The van der Waals surface area contributed by atoms with Crippen LogP contribution in [0.15, 0.2) is 18.2 Å². The van der Waals surface area contributed by atoms with Crippen LogP contribution >= 0.6 is 0 Å². The molecule has 1 atom stereocenters. The zero-order chi connectivity index (χ0) is 21.1. The van der Waals surface area contributed by atoms with Crippen LogP contribution in [0.4, 0.5) is 15.8 Å². The number of carbonyl (C=O) groups is 3. The minimum Gasteiger partial charge on any atom is -0.339 e. The maximum Gasteiger partial charge on any atom is 0.229 e. The molecule has 1 aliphatic heterocycles. The van der Waals surface area contributed by atoms with Crippen LogP contribution < -0.4 is 10.6 Å². The van der Waals surface area contributed by atoms with Crippen molar-refractivity contribution < 1.29 is 18.8 Å². The van der Waals surface area contributed by atoms with E-state index >= 15 is 0 Å². The second-order valence-corrected chi connectivity index (χ2v) is 8.89. The van der Waals surface area contributed by atoms with Crippen molar-refractivity contribution in [1.29, 1.82) is 0 Å². The van der Waals surface area contributed by atoms with E-state index in [1.807, 2.05) is 4.90 Å². The fraction of sp³-hybridized carbons (Fsp3) is 0.609. The summed E-state index contributed by atoms with van der Waals surface area (Å²) in [5.41, 5.74) is 0.505. The average Bonchev–Trinajstić information content (AvgIpc) is 3.40. The van der Waals surface area contributed by atoms with Crippen molar-refractivity contribution in [3.8, 4) is 0 Å². The van der Waals surface area contributed by atoms with Crippen LogP contribution in [0.3, 0.4) is 0 Å². The van der Waals surface area contributed by atoms with Gasteiger partial charge in [0.15, 0.2) is 0 Å². The van der Waals surface area contributed by atoms with Gasteiger partial charge in [-0.1, -0.05) is 32.1 Å². The molecule has 2 N–H and O–H groups in total. The van der Waals surface area contributed by atoms with Gasteiger partial charge in [0.05, 0.1) is 11.6 Å². The molecule has 0 aromatic heterocycles. The van der Waals surface area contributed by atoms with Crippen LogP contribution in [-0.4, -0.2) is 35.2 Å². The third kappa shape index (κ3) is 4.65. The molecule has 1 unspecified atom stereocenters. The van der Waals surface area contributed by atoms with Crippen LogP contribution in [0.5, 0.6) is 0 Å². The minimum atomic E-state index is -0.527. The maximum atomic E-state index is 14.2. The largest absolute Gasteiger partial charge is 0.339 e. The number of hydrogen-bond acceptors (Lipinski definition) is 3. The van der Waals surface area contributed by atoms with E-state index in [1.165, 1.54) is 18.2 Å². The Morgan fingerprint density at radius 3 is 2.30 bits per heavy atom. The third-order valence-corrected chi connectivity index (χ3v) is 6.76. The van der Waals surface area contributed by atoms with Gasteiger partial charge in [-0.3, -0.25) is 14.4 Å². The number of benzene rings is 1. The zero-order valence-electron chi connectivity index (χ0n) is 17.3. The van der Waals surface area contributed by atoms with Gasteiger partial charge in [-0.05, 0) is 43.9 Å². The summed E-state index contributed by atoms with van der Waals surface area (Å²) in [6.07, 6.45) is 9.37. The molecule has 0 bridgehead atoms. The highest BCUT2D eigenvalue weighted by molar-refractivity contribution is 5.98. The Balaban J connectivity index is 1.37. The van der Waals surface area contributed by atoms with Gasteiger partial charge in [-0.15, -0.1) is 0 Å². The first-order chi connectivity index (χ1) is 14.5. The molecule has 2 aliphatic carbocycles. The van der Waals surface area contributed by atoms with Crippen molar-refractivity contribution >= 4 is 29.1 Å². The number of amides is 3. The number of likely N-dealkylation sites (tertiary alicyclic amines) is 1. The molecule has 30 heavy (non-hydrogen) atoms. The third-order valence-electron chi connectivity index (χ3n) is 6.76. The number of carbonyl (C=O) groups excluding carboxylic acids is 3. The fourth-order valence-corrected chi connectivity index (χ4v) is 5.02. The van der Waals surface area contributed by atoms with Crippen molar-refractivity contribution in [2.24, 2.45) is 11.8 Å². The van der Waals surface area contributed by atoms with Gasteiger partial charge in [-0.2, -0.15) is 0 Å². The van der Waals surface area contributed by atoms with E-state index in [1.54, 1.807) is 0 Å². The molecule has 0 spiro atoms. The van der Waals surface area contributed by atoms with Gasteiger partial charge in [0.2, 0.25) is 17.7 Å². The predicted molar refractivity (Wildman–Crippen MR) is 112 cm³/mol. The second kappa shape index (κ2) is 9.14. The molecule has 1 saturated heterocycles. The van der Waals surface area contributed by atoms with Gasteiger partial charge < -0.3 is 15.5 Å². The van der Waals surface area contributed by atoms with Crippen molar-refractivity contribution in [1.82, 2.24) is 4.90 Å². The summed E-state index contributed by atoms with van der Waals surface area (Å²) < 4.78 is 14.2. The molecule has 0 radical (unpaired) electrons. The molecule has 1 heterocycles. The van der Waals surface area contributed by atoms with E-state index < -0.39 is 11.7 Å². The lowest BCUT2D eigenvalue weighted by Crippen LogP contribution is -2.35. The van der Waals surface area contributed by atoms with Gasteiger partial charge >= 0.3 is 0 Å². The summed E-state index contributed by atoms with van der Waals surface area (Å²) in [7, 11) is 0. The van der Waals surface area contributed by atoms with E-state index in [2.05, 4.69) is 10.6 Å². The summed E-state index contributed by atoms with van der Waals surface area (Å²) >= 11 is 0. The molecule has 162 valence electrons. The molecule has 1 aromatic rings. The Hall–Kier alpha value is -2.44. The van der Waals surface area contributed by atoms with Crippen LogP contribution in [0.2, 0.25) is 0 Å². The monoisotopic (exact) mass is 415 g/mol.